The molecule has 0 aliphatic rings. The quantitative estimate of drug-likeness (QED) is 0.810. The molecule has 0 bridgehead atoms. The molecule has 2 rings (SSSR count). The van der Waals surface area contributed by atoms with Gasteiger partial charge in [-0.1, -0.05) is 34.1 Å². The number of hydrogen-bond donors (Lipinski definition) is 0. The number of rotatable bonds is 4. The lowest BCUT2D eigenvalue weighted by Crippen LogP contribution is -2.02. The Morgan fingerprint density at radius 2 is 1.94 bits per heavy atom. The van der Waals surface area contributed by atoms with Crippen LogP contribution in [0.5, 0.6) is 0 Å². The van der Waals surface area contributed by atoms with Crippen molar-refractivity contribution in [3.63, 3.8) is 0 Å². The molecule has 0 amide bonds. The summed E-state index contributed by atoms with van der Waals surface area (Å²) in [6.45, 7) is 3.10. The highest BCUT2D eigenvalue weighted by atomic mass is 79.9. The Morgan fingerprint density at radius 3 is 2.56 bits per heavy atom. The molecular formula is C13H14Br2N2O. The van der Waals surface area contributed by atoms with E-state index in [-0.39, 0.29) is 0 Å². The first-order chi connectivity index (χ1) is 8.59. The summed E-state index contributed by atoms with van der Waals surface area (Å²) in [7, 11) is 1.93. The molecule has 96 valence electrons. The molecule has 5 heteroatoms. The van der Waals surface area contributed by atoms with E-state index in [0.717, 1.165) is 25.9 Å². The predicted molar refractivity (Wildman–Crippen MR) is 78.3 cm³/mol. The van der Waals surface area contributed by atoms with Crippen molar-refractivity contribution < 1.29 is 4.74 Å². The van der Waals surface area contributed by atoms with Gasteiger partial charge in [0.15, 0.2) is 0 Å². The molecule has 18 heavy (non-hydrogen) atoms. The number of halogens is 2. The molecule has 1 heterocycles. The van der Waals surface area contributed by atoms with Gasteiger partial charge < -0.3 is 4.74 Å². The van der Waals surface area contributed by atoms with Crippen LogP contribution in [0.4, 0.5) is 0 Å². The molecule has 3 nitrogen and oxygen atoms in total. The minimum absolute atomic E-state index is 0.541. The summed E-state index contributed by atoms with van der Waals surface area (Å²) >= 11 is 7.04. The van der Waals surface area contributed by atoms with Crippen molar-refractivity contribution in [2.75, 3.05) is 0 Å². The van der Waals surface area contributed by atoms with Gasteiger partial charge >= 0.3 is 0 Å². The topological polar surface area (TPSA) is 27.1 Å². The van der Waals surface area contributed by atoms with Gasteiger partial charge in [-0.05, 0) is 34.5 Å². The molecule has 0 spiro atoms. The number of ether oxygens (including phenoxy) is 1. The average molecular weight is 374 g/mol. The highest BCUT2D eigenvalue weighted by Gasteiger charge is 2.10. The third kappa shape index (κ3) is 3.02. The van der Waals surface area contributed by atoms with Gasteiger partial charge in [0, 0.05) is 11.5 Å². The fourth-order valence-electron chi connectivity index (χ4n) is 1.71. The number of benzene rings is 1. The second kappa shape index (κ2) is 5.99. The zero-order valence-corrected chi connectivity index (χ0v) is 13.5. The largest absolute Gasteiger partial charge is 0.370 e. The van der Waals surface area contributed by atoms with Gasteiger partial charge in [0.1, 0.15) is 0 Å². The van der Waals surface area contributed by atoms with E-state index in [1.165, 1.54) is 0 Å². The molecule has 0 unspecified atom stereocenters. The zero-order valence-electron chi connectivity index (χ0n) is 10.3. The summed E-state index contributed by atoms with van der Waals surface area (Å²) in [5.41, 5.74) is 3.18. The Hall–Kier alpha value is -0.650. The van der Waals surface area contributed by atoms with E-state index in [9.17, 15) is 0 Å². The van der Waals surface area contributed by atoms with Crippen LogP contribution >= 0.6 is 31.9 Å². The van der Waals surface area contributed by atoms with E-state index < -0.39 is 0 Å². The molecule has 1 aromatic heterocycles. The van der Waals surface area contributed by atoms with Crippen LogP contribution in [-0.2, 0) is 25.0 Å². The number of nitrogens with zero attached hydrogens (tertiary/aromatic N) is 2. The molecule has 0 atom stereocenters. The van der Waals surface area contributed by atoms with Crippen LogP contribution in [0, 0.1) is 6.92 Å². The maximum absolute atomic E-state index is 5.74. The van der Waals surface area contributed by atoms with E-state index in [0.29, 0.717) is 13.2 Å². The van der Waals surface area contributed by atoms with Gasteiger partial charge in [0.05, 0.1) is 29.1 Å². The lowest BCUT2D eigenvalue weighted by molar-refractivity contribution is 0.101. The second-order valence-corrected chi connectivity index (χ2v) is 5.70. The fraction of sp³-hybridized carbons (Fsp3) is 0.308. The Bertz CT molecular complexity index is 552. The molecule has 0 aliphatic heterocycles. The van der Waals surface area contributed by atoms with E-state index in [2.05, 4.69) is 37.0 Å². The SMILES string of the molecule is Cc1nn(C)c(COCc2ccccc2Br)c1Br. The van der Waals surface area contributed by atoms with Crippen molar-refractivity contribution in [1.82, 2.24) is 9.78 Å². The molecule has 0 aliphatic carbocycles. The number of aromatic nitrogens is 2. The first kappa shape index (κ1) is 13.8. The summed E-state index contributed by atoms with van der Waals surface area (Å²) in [6.07, 6.45) is 0. The normalized spacial score (nSPS) is 10.9. The lowest BCUT2D eigenvalue weighted by atomic mass is 10.2. The van der Waals surface area contributed by atoms with Crippen molar-refractivity contribution in [2.24, 2.45) is 7.05 Å². The van der Waals surface area contributed by atoms with Crippen molar-refractivity contribution in [3.8, 4) is 0 Å². The Kier molecular flexibility index (Phi) is 4.59. The van der Waals surface area contributed by atoms with Crippen LogP contribution in [0.15, 0.2) is 33.2 Å². The van der Waals surface area contributed by atoms with Crippen LogP contribution < -0.4 is 0 Å². The lowest BCUT2D eigenvalue weighted by Gasteiger charge is -2.07. The summed E-state index contributed by atoms with van der Waals surface area (Å²) in [5, 5.41) is 4.33. The highest BCUT2D eigenvalue weighted by Crippen LogP contribution is 2.22. The summed E-state index contributed by atoms with van der Waals surface area (Å²) < 4.78 is 9.69. The molecule has 0 fully saturated rings. The van der Waals surface area contributed by atoms with E-state index in [4.69, 9.17) is 4.74 Å². The van der Waals surface area contributed by atoms with Gasteiger partial charge in [-0.2, -0.15) is 5.10 Å². The van der Waals surface area contributed by atoms with Crippen LogP contribution in [0.1, 0.15) is 17.0 Å². The van der Waals surface area contributed by atoms with Gasteiger partial charge in [-0.25, -0.2) is 0 Å². The minimum atomic E-state index is 0.541. The first-order valence-electron chi connectivity index (χ1n) is 5.58. The van der Waals surface area contributed by atoms with Crippen molar-refractivity contribution in [3.05, 3.63) is 50.2 Å². The molecule has 0 radical (unpaired) electrons. The van der Waals surface area contributed by atoms with E-state index in [1.807, 2.05) is 42.9 Å². The van der Waals surface area contributed by atoms with Gasteiger partial charge in [0.25, 0.3) is 0 Å². The second-order valence-electron chi connectivity index (χ2n) is 4.05. The Labute approximate surface area is 123 Å². The van der Waals surface area contributed by atoms with Gasteiger partial charge in [0.2, 0.25) is 0 Å². The molecule has 2 aromatic rings. The van der Waals surface area contributed by atoms with Crippen LogP contribution in [0.2, 0.25) is 0 Å². The predicted octanol–water partition coefficient (Wildman–Crippen LogP) is 3.97. The summed E-state index contributed by atoms with van der Waals surface area (Å²) in [6, 6.07) is 8.07. The number of hydrogen-bond acceptors (Lipinski definition) is 2. The highest BCUT2D eigenvalue weighted by molar-refractivity contribution is 9.10. The van der Waals surface area contributed by atoms with E-state index in [1.54, 1.807) is 0 Å². The molecular weight excluding hydrogens is 360 g/mol. The maximum atomic E-state index is 5.74. The Morgan fingerprint density at radius 1 is 1.22 bits per heavy atom. The van der Waals surface area contributed by atoms with Crippen LogP contribution in [-0.4, -0.2) is 9.78 Å². The zero-order chi connectivity index (χ0) is 13.1. The third-order valence-corrected chi connectivity index (χ3v) is 4.52. The van der Waals surface area contributed by atoms with Gasteiger partial charge in [-0.3, -0.25) is 4.68 Å². The maximum Gasteiger partial charge on any atom is 0.0900 e. The summed E-state index contributed by atoms with van der Waals surface area (Å²) in [5.74, 6) is 0. The van der Waals surface area contributed by atoms with Crippen LogP contribution in [0.3, 0.4) is 0 Å². The Balaban J connectivity index is 1.99. The smallest absolute Gasteiger partial charge is 0.0900 e. The van der Waals surface area contributed by atoms with E-state index >= 15 is 0 Å². The number of aryl methyl sites for hydroxylation is 2. The first-order valence-corrected chi connectivity index (χ1v) is 7.17. The molecule has 0 N–H and O–H groups in total. The van der Waals surface area contributed by atoms with Crippen molar-refractivity contribution >= 4 is 31.9 Å². The standard InChI is InChI=1S/C13H14Br2N2O/c1-9-13(15)12(17(2)16-9)8-18-7-10-5-3-4-6-11(10)14/h3-6H,7-8H2,1-2H3. The summed E-state index contributed by atoms with van der Waals surface area (Å²) in [4.78, 5) is 0. The monoisotopic (exact) mass is 372 g/mol. The average Bonchev–Trinajstić information content (AvgIpc) is 2.58. The minimum Gasteiger partial charge on any atom is -0.370 e. The van der Waals surface area contributed by atoms with Gasteiger partial charge in [-0.15, -0.1) is 0 Å². The molecule has 0 saturated carbocycles. The fourth-order valence-corrected chi connectivity index (χ4v) is 2.56. The molecule has 1 aromatic carbocycles. The van der Waals surface area contributed by atoms with Crippen molar-refractivity contribution in [1.29, 1.82) is 0 Å². The van der Waals surface area contributed by atoms with Crippen LogP contribution in [0.25, 0.3) is 0 Å². The third-order valence-electron chi connectivity index (χ3n) is 2.72. The van der Waals surface area contributed by atoms with Crippen molar-refractivity contribution in [2.45, 2.75) is 20.1 Å². The molecule has 0 saturated heterocycles.